The molecule has 15 heavy (non-hydrogen) atoms. The van der Waals surface area contributed by atoms with Gasteiger partial charge >= 0.3 is 0 Å². The number of hydrogen-bond donors (Lipinski definition) is 0. The third kappa shape index (κ3) is 2.63. The van der Waals surface area contributed by atoms with Crippen LogP contribution in [-0.2, 0) is 6.42 Å². The van der Waals surface area contributed by atoms with Crippen LogP contribution in [0.15, 0.2) is 41.1 Å². The zero-order valence-electron chi connectivity index (χ0n) is 8.44. The van der Waals surface area contributed by atoms with Crippen molar-refractivity contribution in [3.8, 4) is 0 Å². The van der Waals surface area contributed by atoms with Crippen molar-refractivity contribution >= 4 is 15.9 Å². The first-order valence-electron chi connectivity index (χ1n) is 4.76. The molecule has 0 saturated heterocycles. The van der Waals surface area contributed by atoms with Crippen LogP contribution in [0, 0.1) is 6.92 Å². The number of hydrogen-bond acceptors (Lipinski definition) is 2. The molecule has 0 unspecified atom stereocenters. The van der Waals surface area contributed by atoms with E-state index in [-0.39, 0.29) is 0 Å². The highest BCUT2D eigenvalue weighted by Crippen LogP contribution is 2.18. The molecule has 1 aromatic carbocycles. The third-order valence-corrected chi connectivity index (χ3v) is 2.96. The van der Waals surface area contributed by atoms with Crippen LogP contribution < -0.4 is 0 Å². The predicted octanol–water partition coefficient (Wildman–Crippen LogP) is 3.14. The number of nitrogens with zero attached hydrogens (tertiary/aromatic N) is 2. The third-order valence-electron chi connectivity index (χ3n) is 2.19. The SMILES string of the molecule is Cc1cc(Cc2ccccc2Br)ncn1. The zero-order valence-corrected chi connectivity index (χ0v) is 10.0. The molecule has 0 fully saturated rings. The molecule has 2 nitrogen and oxygen atoms in total. The molecule has 0 aliphatic rings. The van der Waals surface area contributed by atoms with Crippen LogP contribution in [0.4, 0.5) is 0 Å². The van der Waals surface area contributed by atoms with E-state index in [4.69, 9.17) is 0 Å². The van der Waals surface area contributed by atoms with Gasteiger partial charge in [-0.25, -0.2) is 9.97 Å². The van der Waals surface area contributed by atoms with Crippen molar-refractivity contribution in [2.75, 3.05) is 0 Å². The van der Waals surface area contributed by atoms with Gasteiger partial charge in [0.2, 0.25) is 0 Å². The molecule has 0 aliphatic carbocycles. The van der Waals surface area contributed by atoms with Gasteiger partial charge in [-0.05, 0) is 24.6 Å². The van der Waals surface area contributed by atoms with Crippen molar-refractivity contribution in [2.24, 2.45) is 0 Å². The Hall–Kier alpha value is -1.22. The first kappa shape index (κ1) is 10.3. The Labute approximate surface area is 97.5 Å². The fourth-order valence-corrected chi connectivity index (χ4v) is 1.87. The second-order valence-electron chi connectivity index (χ2n) is 3.42. The summed E-state index contributed by atoms with van der Waals surface area (Å²) >= 11 is 3.53. The van der Waals surface area contributed by atoms with E-state index in [9.17, 15) is 0 Å². The van der Waals surface area contributed by atoms with E-state index in [0.29, 0.717) is 0 Å². The van der Waals surface area contributed by atoms with E-state index in [1.165, 1.54) is 5.56 Å². The van der Waals surface area contributed by atoms with Crippen molar-refractivity contribution in [1.82, 2.24) is 9.97 Å². The smallest absolute Gasteiger partial charge is 0.115 e. The maximum atomic E-state index is 4.24. The monoisotopic (exact) mass is 262 g/mol. The summed E-state index contributed by atoms with van der Waals surface area (Å²) in [5.41, 5.74) is 3.30. The van der Waals surface area contributed by atoms with Crippen LogP contribution in [-0.4, -0.2) is 9.97 Å². The van der Waals surface area contributed by atoms with Crippen molar-refractivity contribution < 1.29 is 0 Å². The van der Waals surface area contributed by atoms with Gasteiger partial charge in [0.15, 0.2) is 0 Å². The minimum Gasteiger partial charge on any atom is -0.242 e. The summed E-state index contributed by atoms with van der Waals surface area (Å²) in [6, 6.07) is 10.2. The Balaban J connectivity index is 2.26. The second-order valence-corrected chi connectivity index (χ2v) is 4.27. The Morgan fingerprint density at radius 3 is 2.73 bits per heavy atom. The number of halogens is 1. The van der Waals surface area contributed by atoms with E-state index in [0.717, 1.165) is 22.3 Å². The molecule has 1 aromatic heterocycles. The topological polar surface area (TPSA) is 25.8 Å². The number of aromatic nitrogens is 2. The first-order chi connectivity index (χ1) is 7.25. The van der Waals surface area contributed by atoms with Crippen LogP contribution in [0.2, 0.25) is 0 Å². The zero-order chi connectivity index (χ0) is 10.7. The Morgan fingerprint density at radius 1 is 1.20 bits per heavy atom. The summed E-state index contributed by atoms with van der Waals surface area (Å²) in [5.74, 6) is 0. The van der Waals surface area contributed by atoms with E-state index >= 15 is 0 Å². The number of benzene rings is 1. The maximum absolute atomic E-state index is 4.24. The quantitative estimate of drug-likeness (QED) is 0.831. The number of aryl methyl sites for hydroxylation is 1. The Kier molecular flexibility index (Phi) is 3.11. The predicted molar refractivity (Wildman–Crippen MR) is 63.7 cm³/mol. The number of rotatable bonds is 2. The normalized spacial score (nSPS) is 10.3. The second kappa shape index (κ2) is 4.53. The summed E-state index contributed by atoms with van der Waals surface area (Å²) < 4.78 is 1.13. The fraction of sp³-hybridized carbons (Fsp3) is 0.167. The van der Waals surface area contributed by atoms with Gasteiger partial charge in [-0.15, -0.1) is 0 Å². The van der Waals surface area contributed by atoms with Crippen LogP contribution in [0.5, 0.6) is 0 Å². The van der Waals surface area contributed by atoms with Crippen LogP contribution in [0.3, 0.4) is 0 Å². The van der Waals surface area contributed by atoms with E-state index in [1.807, 2.05) is 31.2 Å². The van der Waals surface area contributed by atoms with Gasteiger partial charge in [0, 0.05) is 22.3 Å². The van der Waals surface area contributed by atoms with Crippen LogP contribution in [0.1, 0.15) is 17.0 Å². The molecule has 0 atom stereocenters. The summed E-state index contributed by atoms with van der Waals surface area (Å²) in [6.45, 7) is 1.98. The van der Waals surface area contributed by atoms with E-state index < -0.39 is 0 Å². The molecular weight excluding hydrogens is 252 g/mol. The van der Waals surface area contributed by atoms with E-state index in [1.54, 1.807) is 6.33 Å². The van der Waals surface area contributed by atoms with Gasteiger partial charge in [0.1, 0.15) is 6.33 Å². The van der Waals surface area contributed by atoms with Gasteiger partial charge in [-0.1, -0.05) is 34.1 Å². The molecule has 0 bridgehead atoms. The molecule has 1 heterocycles. The maximum Gasteiger partial charge on any atom is 0.115 e. The molecule has 2 rings (SSSR count). The van der Waals surface area contributed by atoms with Gasteiger partial charge in [-0.3, -0.25) is 0 Å². The standard InChI is InChI=1S/C12H11BrN2/c1-9-6-11(15-8-14-9)7-10-4-2-3-5-12(10)13/h2-6,8H,7H2,1H3. The van der Waals surface area contributed by atoms with Crippen LogP contribution in [0.25, 0.3) is 0 Å². The molecule has 0 saturated carbocycles. The largest absolute Gasteiger partial charge is 0.242 e. The van der Waals surface area contributed by atoms with Gasteiger partial charge in [0.25, 0.3) is 0 Å². The fourth-order valence-electron chi connectivity index (χ4n) is 1.44. The van der Waals surface area contributed by atoms with Crippen LogP contribution >= 0.6 is 15.9 Å². The molecule has 0 N–H and O–H groups in total. The van der Waals surface area contributed by atoms with E-state index in [2.05, 4.69) is 32.0 Å². The highest BCUT2D eigenvalue weighted by molar-refractivity contribution is 9.10. The molecule has 2 aromatic rings. The minimum absolute atomic E-state index is 0.838. The Morgan fingerprint density at radius 2 is 2.00 bits per heavy atom. The minimum atomic E-state index is 0.838. The lowest BCUT2D eigenvalue weighted by molar-refractivity contribution is 0.995. The molecule has 0 radical (unpaired) electrons. The lowest BCUT2D eigenvalue weighted by atomic mass is 10.1. The molecule has 0 aliphatic heterocycles. The first-order valence-corrected chi connectivity index (χ1v) is 5.56. The lowest BCUT2D eigenvalue weighted by Crippen LogP contribution is -1.95. The highest BCUT2D eigenvalue weighted by Gasteiger charge is 2.01. The Bertz CT molecular complexity index is 469. The van der Waals surface area contributed by atoms with Crippen molar-refractivity contribution in [1.29, 1.82) is 0 Å². The highest BCUT2D eigenvalue weighted by atomic mass is 79.9. The summed E-state index contributed by atoms with van der Waals surface area (Å²) in [6.07, 6.45) is 2.45. The average molecular weight is 263 g/mol. The van der Waals surface area contributed by atoms with Crippen molar-refractivity contribution in [3.05, 3.63) is 58.1 Å². The molecular formula is C12H11BrN2. The molecule has 76 valence electrons. The van der Waals surface area contributed by atoms with Crippen molar-refractivity contribution in [3.63, 3.8) is 0 Å². The molecule has 0 spiro atoms. The van der Waals surface area contributed by atoms with Gasteiger partial charge in [-0.2, -0.15) is 0 Å². The molecule has 0 amide bonds. The lowest BCUT2D eigenvalue weighted by Gasteiger charge is -2.03. The van der Waals surface area contributed by atoms with Gasteiger partial charge < -0.3 is 0 Å². The summed E-state index contributed by atoms with van der Waals surface area (Å²) in [5, 5.41) is 0. The van der Waals surface area contributed by atoms with Crippen molar-refractivity contribution in [2.45, 2.75) is 13.3 Å². The summed E-state index contributed by atoms with van der Waals surface area (Å²) in [7, 11) is 0. The average Bonchev–Trinajstić information content (AvgIpc) is 2.22. The summed E-state index contributed by atoms with van der Waals surface area (Å²) in [4.78, 5) is 8.33. The molecule has 3 heteroatoms. The van der Waals surface area contributed by atoms with Gasteiger partial charge in [0.05, 0.1) is 0 Å².